The SMILES string of the molecule is CC(C)(C)OC(=O)N=C(N(CCCCCCCCN=C(NC(=O)OC(C)(C)C)NC(=O)OC(C)(C)C)C(=O)OC(C)(C)C)N(CCCCOc1ccc(C(=N)CNC(=O)OC(C)(C)C)cn1)C(=O)OC(C)(C)C. The predicted molar refractivity (Wildman–Crippen MR) is 278 cm³/mol. The molecule has 4 N–H and O–H groups in total. The fourth-order valence-corrected chi connectivity index (χ4v) is 5.77. The van der Waals surface area contributed by atoms with Gasteiger partial charge in [0.05, 0.1) is 18.9 Å². The molecule has 1 aromatic rings. The molecule has 0 aliphatic rings. The summed E-state index contributed by atoms with van der Waals surface area (Å²) in [7, 11) is 0. The summed E-state index contributed by atoms with van der Waals surface area (Å²) >= 11 is 0. The van der Waals surface area contributed by atoms with Crippen LogP contribution in [0.5, 0.6) is 5.88 Å². The zero-order valence-corrected chi connectivity index (χ0v) is 47.0. The molecule has 0 radical (unpaired) electrons. The average molecular weight is 1030 g/mol. The van der Waals surface area contributed by atoms with E-state index in [2.05, 4.69) is 30.9 Å². The first kappa shape index (κ1) is 64.8. The Morgan fingerprint density at radius 1 is 0.548 bits per heavy atom. The standard InChI is InChI=1S/C51H87N9O13/c1-46(2,3)68-40(61)55-34-36(52)35-27-28-37(54-33-35)67-32-26-25-31-60(45(66)73-51(16,17)18)39(58-43(64)71-49(10,11)12)59(44(65)72-50(13,14)15)30-24-22-20-19-21-23-29-53-38(56-41(62)69-47(4,5)6)57-42(63)70-48(7,8)9/h27-28,33,52H,19-26,29-32,34H2,1-18H3,(H,55,61)(H2,53,56,57,62,63). The Balaban J connectivity index is 3.25. The second kappa shape index (κ2) is 28.9. The topological polar surface area (TPSA) is 271 Å². The predicted octanol–water partition coefficient (Wildman–Crippen LogP) is 10.6. The van der Waals surface area contributed by atoms with Crippen molar-refractivity contribution in [3.8, 4) is 5.88 Å². The number of aliphatic imine (C=N–C) groups is 2. The Morgan fingerprint density at radius 3 is 1.41 bits per heavy atom. The Labute approximate surface area is 433 Å². The molecule has 0 spiro atoms. The van der Waals surface area contributed by atoms with Gasteiger partial charge in [0.25, 0.3) is 0 Å². The first-order chi connectivity index (χ1) is 33.3. The van der Waals surface area contributed by atoms with E-state index in [1.807, 2.05) is 0 Å². The molecule has 1 aromatic heterocycles. The van der Waals surface area contributed by atoms with Gasteiger partial charge in [0.1, 0.15) is 33.6 Å². The van der Waals surface area contributed by atoms with E-state index in [1.165, 1.54) is 6.20 Å². The fraction of sp³-hybridized carbons (Fsp3) is 0.725. The van der Waals surface area contributed by atoms with Crippen molar-refractivity contribution < 1.29 is 61.9 Å². The average Bonchev–Trinajstić information content (AvgIpc) is 3.17. The summed E-state index contributed by atoms with van der Waals surface area (Å²) in [6.07, 6.45) is 1.13. The van der Waals surface area contributed by atoms with Gasteiger partial charge in [0.15, 0.2) is 0 Å². The minimum atomic E-state index is -1.04. The molecule has 0 saturated carbocycles. The molecule has 0 aliphatic heterocycles. The molecule has 1 rings (SSSR count). The van der Waals surface area contributed by atoms with Crippen molar-refractivity contribution in [2.24, 2.45) is 9.98 Å². The van der Waals surface area contributed by atoms with Crippen LogP contribution in [0.15, 0.2) is 28.3 Å². The Kier molecular flexibility index (Phi) is 25.6. The zero-order chi connectivity index (χ0) is 56.0. The van der Waals surface area contributed by atoms with Crippen molar-refractivity contribution in [1.29, 1.82) is 5.41 Å². The normalized spacial score (nSPS) is 12.3. The van der Waals surface area contributed by atoms with Gasteiger partial charge < -0.3 is 43.9 Å². The third-order valence-electron chi connectivity index (χ3n) is 8.51. The molecule has 0 atom stereocenters. The zero-order valence-electron chi connectivity index (χ0n) is 47.0. The van der Waals surface area contributed by atoms with Gasteiger partial charge in [-0.3, -0.25) is 15.6 Å². The minimum Gasteiger partial charge on any atom is -0.478 e. The summed E-state index contributed by atoms with van der Waals surface area (Å²) in [6, 6.07) is 3.24. The van der Waals surface area contributed by atoms with E-state index in [0.717, 1.165) is 29.1 Å². The van der Waals surface area contributed by atoms with Gasteiger partial charge in [-0.15, -0.1) is 4.99 Å². The van der Waals surface area contributed by atoms with E-state index in [1.54, 1.807) is 137 Å². The second-order valence-electron chi connectivity index (χ2n) is 23.0. The summed E-state index contributed by atoms with van der Waals surface area (Å²) in [5.74, 6) is -0.144. The molecule has 22 nitrogen and oxygen atoms in total. The van der Waals surface area contributed by atoms with Crippen LogP contribution < -0.4 is 20.7 Å². The maximum atomic E-state index is 14.1. The van der Waals surface area contributed by atoms with Crippen LogP contribution in [-0.4, -0.2) is 135 Å². The highest BCUT2D eigenvalue weighted by molar-refractivity contribution is 6.05. The van der Waals surface area contributed by atoms with E-state index >= 15 is 0 Å². The molecular formula is C51H87N9O13. The maximum Gasteiger partial charge on any atom is 0.437 e. The van der Waals surface area contributed by atoms with E-state index in [-0.39, 0.29) is 56.3 Å². The number of guanidine groups is 2. The molecule has 0 fully saturated rings. The van der Waals surface area contributed by atoms with Crippen molar-refractivity contribution in [3.63, 3.8) is 0 Å². The number of nitrogens with one attached hydrogen (secondary N) is 4. The lowest BCUT2D eigenvalue weighted by molar-refractivity contribution is 0.0268. The van der Waals surface area contributed by atoms with Gasteiger partial charge >= 0.3 is 36.6 Å². The number of hydrogen-bond donors (Lipinski definition) is 4. The van der Waals surface area contributed by atoms with Crippen molar-refractivity contribution >= 4 is 54.2 Å². The lowest BCUT2D eigenvalue weighted by Crippen LogP contribution is -2.53. The van der Waals surface area contributed by atoms with Gasteiger partial charge in [0.2, 0.25) is 17.8 Å². The number of aromatic nitrogens is 1. The van der Waals surface area contributed by atoms with Crippen LogP contribution in [0.2, 0.25) is 0 Å². The number of pyridine rings is 1. The van der Waals surface area contributed by atoms with Crippen molar-refractivity contribution in [2.45, 2.75) is 210 Å². The minimum absolute atomic E-state index is 0.00939. The Hall–Kier alpha value is -6.22. The monoisotopic (exact) mass is 1030 g/mol. The molecule has 0 bridgehead atoms. The smallest absolute Gasteiger partial charge is 0.437 e. The van der Waals surface area contributed by atoms with Crippen molar-refractivity contribution in [1.82, 2.24) is 30.7 Å². The maximum absolute atomic E-state index is 14.1. The summed E-state index contributed by atoms with van der Waals surface area (Å²) < 4.78 is 38.9. The Bertz CT molecular complexity index is 2000. The van der Waals surface area contributed by atoms with Gasteiger partial charge in [-0.05, 0) is 156 Å². The van der Waals surface area contributed by atoms with Crippen LogP contribution in [0.1, 0.15) is 182 Å². The van der Waals surface area contributed by atoms with Crippen LogP contribution in [-0.2, 0) is 28.4 Å². The van der Waals surface area contributed by atoms with Crippen molar-refractivity contribution in [2.75, 3.05) is 32.8 Å². The second-order valence-corrected chi connectivity index (χ2v) is 23.0. The molecular weight excluding hydrogens is 947 g/mol. The number of unbranched alkanes of at least 4 members (excludes halogenated alkanes) is 6. The van der Waals surface area contributed by atoms with Crippen molar-refractivity contribution in [3.05, 3.63) is 23.9 Å². The molecule has 414 valence electrons. The first-order valence-corrected chi connectivity index (χ1v) is 24.8. The number of carbonyl (C=O) groups is 6. The van der Waals surface area contributed by atoms with Gasteiger partial charge in [-0.25, -0.2) is 43.6 Å². The summed E-state index contributed by atoms with van der Waals surface area (Å²) in [5, 5.41) is 15.8. The number of amides is 6. The van der Waals surface area contributed by atoms with Crippen LogP contribution in [0, 0.1) is 5.41 Å². The van der Waals surface area contributed by atoms with Crippen LogP contribution in [0.3, 0.4) is 0 Å². The van der Waals surface area contributed by atoms with Crippen LogP contribution in [0.4, 0.5) is 28.8 Å². The molecule has 73 heavy (non-hydrogen) atoms. The lowest BCUT2D eigenvalue weighted by Gasteiger charge is -2.34. The molecule has 6 amide bonds. The molecule has 1 heterocycles. The Morgan fingerprint density at radius 2 is 0.973 bits per heavy atom. The number of rotatable bonds is 18. The summed E-state index contributed by atoms with van der Waals surface area (Å²) in [4.78, 5) is 93.9. The highest BCUT2D eigenvalue weighted by Crippen LogP contribution is 2.20. The number of nitrogens with zero attached hydrogens (tertiary/aromatic N) is 5. The lowest BCUT2D eigenvalue weighted by atomic mass is 10.1. The van der Waals surface area contributed by atoms with E-state index in [9.17, 15) is 28.8 Å². The number of alkyl carbamates (subject to hydrolysis) is 3. The van der Waals surface area contributed by atoms with Gasteiger partial charge in [0, 0.05) is 37.5 Å². The van der Waals surface area contributed by atoms with Crippen LogP contribution >= 0.6 is 0 Å². The number of ether oxygens (including phenoxy) is 7. The van der Waals surface area contributed by atoms with E-state index in [4.69, 9.17) is 38.6 Å². The largest absolute Gasteiger partial charge is 0.478 e. The highest BCUT2D eigenvalue weighted by Gasteiger charge is 2.35. The molecule has 0 saturated heterocycles. The van der Waals surface area contributed by atoms with Crippen LogP contribution in [0.25, 0.3) is 0 Å². The first-order valence-electron chi connectivity index (χ1n) is 24.8. The van der Waals surface area contributed by atoms with Gasteiger partial charge in [-0.1, -0.05) is 25.7 Å². The summed E-state index contributed by atoms with van der Waals surface area (Å²) in [5.41, 5.74) is -4.53. The van der Waals surface area contributed by atoms with E-state index < -0.39 is 70.2 Å². The molecule has 0 aromatic carbocycles. The fourth-order valence-electron chi connectivity index (χ4n) is 5.77. The van der Waals surface area contributed by atoms with Gasteiger partial charge in [-0.2, -0.15) is 0 Å². The quantitative estimate of drug-likeness (QED) is 0.0461. The molecule has 0 unspecified atom stereocenters. The third-order valence-corrected chi connectivity index (χ3v) is 8.51. The highest BCUT2D eigenvalue weighted by atomic mass is 16.6. The summed E-state index contributed by atoms with van der Waals surface area (Å²) in [6.45, 7) is 31.0. The van der Waals surface area contributed by atoms with E-state index in [0.29, 0.717) is 37.7 Å². The third kappa shape index (κ3) is 32.5. The molecule has 22 heteroatoms. The molecule has 0 aliphatic carbocycles. The number of hydrogen-bond acceptors (Lipinski definition) is 16. The number of carbonyl (C=O) groups excluding carboxylic acids is 6.